The molecule has 1 saturated carbocycles. The molecule has 5 rings (SSSR count). The Balaban J connectivity index is 1.06. The van der Waals surface area contributed by atoms with Gasteiger partial charge in [-0.2, -0.15) is 0 Å². The number of rotatable bonds is 9. The van der Waals surface area contributed by atoms with Crippen LogP contribution in [-0.2, 0) is 13.1 Å². The molecule has 1 aliphatic carbocycles. The molecule has 3 aliphatic rings. The van der Waals surface area contributed by atoms with Gasteiger partial charge in [-0.1, -0.05) is 61.5 Å². The van der Waals surface area contributed by atoms with Crippen LogP contribution in [-0.4, -0.2) is 60.0 Å². The van der Waals surface area contributed by atoms with Gasteiger partial charge in [0.25, 0.3) is 0 Å². The number of benzene rings is 2. The summed E-state index contributed by atoms with van der Waals surface area (Å²) in [4.78, 5) is 8.03. The molecule has 172 valence electrons. The Hall–Kier alpha value is -1.68. The third-order valence-electron chi connectivity index (χ3n) is 8.20. The molecule has 2 aliphatic heterocycles. The summed E-state index contributed by atoms with van der Waals surface area (Å²) in [5.41, 5.74) is 4.51. The van der Waals surface area contributed by atoms with Crippen LogP contribution >= 0.6 is 0 Å². The minimum atomic E-state index is 0.743. The van der Waals surface area contributed by atoms with Crippen molar-refractivity contribution in [2.45, 2.75) is 64.1 Å². The SMILES string of the molecule is CCN(CC1CC(c2ccc(CN3CCCC3)cc2)C1)C1CCN(Cc2ccccc2)C1. The van der Waals surface area contributed by atoms with Crippen LogP contribution in [0, 0.1) is 5.92 Å². The van der Waals surface area contributed by atoms with Gasteiger partial charge < -0.3 is 0 Å². The van der Waals surface area contributed by atoms with E-state index in [1.807, 2.05) is 0 Å². The number of hydrogen-bond donors (Lipinski definition) is 0. The highest BCUT2D eigenvalue weighted by Crippen LogP contribution is 2.42. The van der Waals surface area contributed by atoms with E-state index in [1.54, 1.807) is 5.56 Å². The van der Waals surface area contributed by atoms with Crippen molar-refractivity contribution < 1.29 is 0 Å². The van der Waals surface area contributed by atoms with Gasteiger partial charge in [-0.15, -0.1) is 0 Å². The van der Waals surface area contributed by atoms with E-state index in [0.717, 1.165) is 31.0 Å². The van der Waals surface area contributed by atoms with Gasteiger partial charge in [0.2, 0.25) is 0 Å². The lowest BCUT2D eigenvalue weighted by Crippen LogP contribution is -2.43. The molecule has 0 N–H and O–H groups in total. The monoisotopic (exact) mass is 431 g/mol. The zero-order valence-corrected chi connectivity index (χ0v) is 20.0. The summed E-state index contributed by atoms with van der Waals surface area (Å²) >= 11 is 0. The van der Waals surface area contributed by atoms with Crippen LogP contribution in [0.2, 0.25) is 0 Å². The van der Waals surface area contributed by atoms with Gasteiger partial charge in [0.05, 0.1) is 0 Å². The molecule has 0 spiro atoms. The second-order valence-corrected chi connectivity index (χ2v) is 10.5. The lowest BCUT2D eigenvalue weighted by atomic mass is 9.71. The number of nitrogens with zero attached hydrogens (tertiary/aromatic N) is 3. The van der Waals surface area contributed by atoms with Crippen molar-refractivity contribution in [1.29, 1.82) is 0 Å². The van der Waals surface area contributed by atoms with Gasteiger partial charge in [0, 0.05) is 38.8 Å². The van der Waals surface area contributed by atoms with Gasteiger partial charge in [-0.25, -0.2) is 0 Å². The molecule has 32 heavy (non-hydrogen) atoms. The first-order valence-corrected chi connectivity index (χ1v) is 13.1. The molecule has 1 unspecified atom stereocenters. The maximum atomic E-state index is 2.78. The quantitative estimate of drug-likeness (QED) is 0.528. The summed E-state index contributed by atoms with van der Waals surface area (Å²) in [6, 6.07) is 21.3. The highest BCUT2D eigenvalue weighted by atomic mass is 15.2. The standard InChI is InChI=1S/C29H41N3/c1-2-32(29-14-17-31(23-29)21-24-8-4-3-5-9-24)22-26-18-28(19-26)27-12-10-25(11-13-27)20-30-15-6-7-16-30/h3-5,8-13,26,28-29H,2,6-7,14-23H2,1H3. The van der Waals surface area contributed by atoms with E-state index in [-0.39, 0.29) is 0 Å². The first-order valence-electron chi connectivity index (χ1n) is 13.1. The molecule has 2 aromatic carbocycles. The zero-order chi connectivity index (χ0) is 21.8. The predicted molar refractivity (Wildman–Crippen MR) is 134 cm³/mol. The Morgan fingerprint density at radius 2 is 1.50 bits per heavy atom. The molecule has 2 heterocycles. The smallest absolute Gasteiger partial charge is 0.0235 e. The lowest BCUT2D eigenvalue weighted by molar-refractivity contribution is 0.125. The van der Waals surface area contributed by atoms with E-state index in [4.69, 9.17) is 0 Å². The minimum absolute atomic E-state index is 0.743. The van der Waals surface area contributed by atoms with Crippen molar-refractivity contribution >= 4 is 0 Å². The third kappa shape index (κ3) is 5.44. The topological polar surface area (TPSA) is 9.72 Å². The average Bonchev–Trinajstić information content (AvgIpc) is 3.47. The van der Waals surface area contributed by atoms with E-state index in [2.05, 4.69) is 76.2 Å². The molecule has 3 fully saturated rings. The van der Waals surface area contributed by atoms with Gasteiger partial charge in [-0.05, 0) is 80.3 Å². The highest BCUT2D eigenvalue weighted by molar-refractivity contribution is 5.27. The fourth-order valence-corrected chi connectivity index (χ4v) is 6.21. The summed E-state index contributed by atoms with van der Waals surface area (Å²) in [6.45, 7) is 12.1. The summed E-state index contributed by atoms with van der Waals surface area (Å²) in [6.07, 6.45) is 6.84. The largest absolute Gasteiger partial charge is 0.299 e. The Morgan fingerprint density at radius 3 is 2.22 bits per heavy atom. The van der Waals surface area contributed by atoms with Crippen molar-refractivity contribution in [3.05, 3.63) is 71.3 Å². The summed E-state index contributed by atoms with van der Waals surface area (Å²) < 4.78 is 0. The Labute approximate surface area is 195 Å². The first-order chi connectivity index (χ1) is 15.8. The summed E-state index contributed by atoms with van der Waals surface area (Å²) in [5, 5.41) is 0. The van der Waals surface area contributed by atoms with E-state index >= 15 is 0 Å². The molecule has 3 heteroatoms. The second kappa shape index (κ2) is 10.5. The number of likely N-dealkylation sites (N-methyl/N-ethyl adjacent to an activating group) is 1. The predicted octanol–water partition coefficient (Wildman–Crippen LogP) is 5.37. The maximum absolute atomic E-state index is 2.78. The van der Waals surface area contributed by atoms with Crippen LogP contribution in [0.1, 0.15) is 61.6 Å². The third-order valence-corrected chi connectivity index (χ3v) is 8.20. The minimum Gasteiger partial charge on any atom is -0.299 e. The van der Waals surface area contributed by atoms with Crippen molar-refractivity contribution in [3.63, 3.8) is 0 Å². The molecular formula is C29H41N3. The van der Waals surface area contributed by atoms with E-state index in [0.29, 0.717) is 0 Å². The molecule has 3 nitrogen and oxygen atoms in total. The lowest BCUT2D eigenvalue weighted by Gasteiger charge is -2.40. The fourth-order valence-electron chi connectivity index (χ4n) is 6.21. The molecule has 1 atom stereocenters. The Morgan fingerprint density at radius 1 is 0.812 bits per heavy atom. The van der Waals surface area contributed by atoms with Crippen molar-refractivity contribution in [1.82, 2.24) is 14.7 Å². The molecule has 2 saturated heterocycles. The van der Waals surface area contributed by atoms with Crippen LogP contribution in [0.25, 0.3) is 0 Å². The summed E-state index contributed by atoms with van der Waals surface area (Å²) in [5.74, 6) is 1.67. The maximum Gasteiger partial charge on any atom is 0.0235 e. The molecule has 0 aromatic heterocycles. The van der Waals surface area contributed by atoms with Crippen LogP contribution in [0.5, 0.6) is 0 Å². The number of hydrogen-bond acceptors (Lipinski definition) is 3. The van der Waals surface area contributed by atoms with Gasteiger partial charge in [0.1, 0.15) is 0 Å². The van der Waals surface area contributed by atoms with Gasteiger partial charge >= 0.3 is 0 Å². The normalized spacial score (nSPS) is 26.6. The first kappa shape index (κ1) is 22.1. The Bertz CT molecular complexity index is 821. The van der Waals surface area contributed by atoms with Crippen molar-refractivity contribution in [2.24, 2.45) is 5.92 Å². The summed E-state index contributed by atoms with van der Waals surface area (Å²) in [7, 11) is 0. The Kier molecular flexibility index (Phi) is 7.26. The highest BCUT2D eigenvalue weighted by Gasteiger charge is 2.34. The molecular weight excluding hydrogens is 390 g/mol. The van der Waals surface area contributed by atoms with E-state index in [1.165, 1.54) is 82.5 Å². The van der Waals surface area contributed by atoms with Crippen molar-refractivity contribution in [3.8, 4) is 0 Å². The molecule has 0 bridgehead atoms. The van der Waals surface area contributed by atoms with Crippen LogP contribution in [0.15, 0.2) is 54.6 Å². The van der Waals surface area contributed by atoms with Crippen LogP contribution in [0.4, 0.5) is 0 Å². The number of likely N-dealkylation sites (tertiary alicyclic amines) is 2. The molecule has 2 aromatic rings. The van der Waals surface area contributed by atoms with E-state index in [9.17, 15) is 0 Å². The molecule has 0 radical (unpaired) electrons. The zero-order valence-electron chi connectivity index (χ0n) is 20.0. The van der Waals surface area contributed by atoms with Crippen molar-refractivity contribution in [2.75, 3.05) is 39.3 Å². The van der Waals surface area contributed by atoms with E-state index < -0.39 is 0 Å². The fraction of sp³-hybridized carbons (Fsp3) is 0.586. The van der Waals surface area contributed by atoms with Gasteiger partial charge in [-0.3, -0.25) is 14.7 Å². The molecule has 0 amide bonds. The second-order valence-electron chi connectivity index (χ2n) is 10.5. The average molecular weight is 432 g/mol. The van der Waals surface area contributed by atoms with Crippen LogP contribution in [0.3, 0.4) is 0 Å². The van der Waals surface area contributed by atoms with Gasteiger partial charge in [0.15, 0.2) is 0 Å². The van der Waals surface area contributed by atoms with Crippen LogP contribution < -0.4 is 0 Å².